The van der Waals surface area contributed by atoms with Crippen molar-refractivity contribution < 1.29 is 0 Å². The second-order valence-electron chi connectivity index (χ2n) is 2.46. The van der Waals surface area contributed by atoms with E-state index in [2.05, 4.69) is 6.07 Å². The molecule has 2 nitrogen and oxygen atoms in total. The lowest BCUT2D eigenvalue weighted by molar-refractivity contribution is 1.05. The molecule has 0 spiro atoms. The molecule has 0 aromatic heterocycles. The summed E-state index contributed by atoms with van der Waals surface area (Å²) in [6, 6.07) is 7.61. The van der Waals surface area contributed by atoms with Gasteiger partial charge in [0.15, 0.2) is 0 Å². The normalized spacial score (nSPS) is 9.18. The third-order valence-corrected chi connectivity index (χ3v) is 1.69. The van der Waals surface area contributed by atoms with Gasteiger partial charge in [-0.25, -0.2) is 0 Å². The second-order valence-corrected chi connectivity index (χ2v) is 2.46. The maximum Gasteiger partial charge on any atom is 0.0991 e. The maximum atomic E-state index is 8.54. The molecule has 2 heteroatoms. The number of hydrogen-bond acceptors (Lipinski definition) is 2. The summed E-state index contributed by atoms with van der Waals surface area (Å²) < 4.78 is 0. The summed E-state index contributed by atoms with van der Waals surface area (Å²) in [5.74, 6) is 0. The molecular weight excluding hydrogens is 136 g/mol. The Labute approximate surface area is 66.3 Å². The maximum absolute atomic E-state index is 8.54. The predicted octanol–water partition coefficient (Wildman–Crippen LogP) is 1.33. The Morgan fingerprint density at radius 3 is 2.73 bits per heavy atom. The van der Waals surface area contributed by atoms with Crippen LogP contribution in [-0.4, -0.2) is 0 Å². The molecule has 0 fully saturated rings. The molecule has 0 saturated heterocycles. The quantitative estimate of drug-likeness (QED) is 0.649. The number of rotatable bonds is 1. The standard InChI is InChI=1S/C9H10N2/c1-7-4-8(5-10)2-3-9(7)6-11/h2-4H,6,11H2,1H3. The van der Waals surface area contributed by atoms with Crippen LogP contribution in [0, 0.1) is 18.3 Å². The number of nitrogens with two attached hydrogens (primary N) is 1. The molecule has 11 heavy (non-hydrogen) atoms. The molecule has 0 amide bonds. The van der Waals surface area contributed by atoms with E-state index in [4.69, 9.17) is 11.0 Å². The zero-order chi connectivity index (χ0) is 8.27. The number of aryl methyl sites for hydroxylation is 1. The van der Waals surface area contributed by atoms with E-state index in [1.54, 1.807) is 6.07 Å². The molecule has 0 aliphatic heterocycles. The predicted molar refractivity (Wildman–Crippen MR) is 43.8 cm³/mol. The van der Waals surface area contributed by atoms with Crippen molar-refractivity contribution in [2.45, 2.75) is 13.5 Å². The average molecular weight is 146 g/mol. The first kappa shape index (κ1) is 7.77. The van der Waals surface area contributed by atoms with Crippen molar-refractivity contribution in [1.29, 1.82) is 5.26 Å². The minimum Gasteiger partial charge on any atom is -0.326 e. The van der Waals surface area contributed by atoms with E-state index < -0.39 is 0 Å². The van der Waals surface area contributed by atoms with Crippen LogP contribution in [0.15, 0.2) is 18.2 Å². The van der Waals surface area contributed by atoms with Crippen LogP contribution >= 0.6 is 0 Å². The Bertz CT molecular complexity index is 297. The van der Waals surface area contributed by atoms with Crippen LogP contribution in [0.5, 0.6) is 0 Å². The van der Waals surface area contributed by atoms with Crippen LogP contribution in [0.2, 0.25) is 0 Å². The lowest BCUT2D eigenvalue weighted by atomic mass is 10.1. The summed E-state index contributed by atoms with van der Waals surface area (Å²) in [7, 11) is 0. The minimum absolute atomic E-state index is 0.539. The lowest BCUT2D eigenvalue weighted by Crippen LogP contribution is -1.98. The van der Waals surface area contributed by atoms with Crippen molar-refractivity contribution in [3.63, 3.8) is 0 Å². The topological polar surface area (TPSA) is 49.8 Å². The second kappa shape index (κ2) is 3.18. The molecule has 0 aliphatic carbocycles. The van der Waals surface area contributed by atoms with Gasteiger partial charge in [0.25, 0.3) is 0 Å². The molecule has 2 N–H and O–H groups in total. The average Bonchev–Trinajstić information content (AvgIpc) is 2.04. The van der Waals surface area contributed by atoms with Crippen LogP contribution in [0.25, 0.3) is 0 Å². The Morgan fingerprint density at radius 2 is 2.27 bits per heavy atom. The van der Waals surface area contributed by atoms with Crippen LogP contribution < -0.4 is 5.73 Å². The van der Waals surface area contributed by atoms with E-state index in [9.17, 15) is 0 Å². The Hall–Kier alpha value is -1.33. The Kier molecular flexibility index (Phi) is 2.25. The lowest BCUT2D eigenvalue weighted by Gasteiger charge is -2.00. The molecule has 0 atom stereocenters. The molecule has 56 valence electrons. The van der Waals surface area contributed by atoms with E-state index in [1.807, 2.05) is 19.1 Å². The highest BCUT2D eigenvalue weighted by atomic mass is 14.5. The van der Waals surface area contributed by atoms with Gasteiger partial charge in [0, 0.05) is 6.54 Å². The molecule has 1 aromatic carbocycles. The Morgan fingerprint density at radius 1 is 1.55 bits per heavy atom. The minimum atomic E-state index is 0.539. The number of nitriles is 1. The fourth-order valence-corrected chi connectivity index (χ4v) is 0.994. The van der Waals surface area contributed by atoms with E-state index in [0.29, 0.717) is 12.1 Å². The highest BCUT2D eigenvalue weighted by Crippen LogP contribution is 2.08. The van der Waals surface area contributed by atoms with Crippen LogP contribution in [0.3, 0.4) is 0 Å². The number of benzene rings is 1. The fourth-order valence-electron chi connectivity index (χ4n) is 0.994. The van der Waals surface area contributed by atoms with E-state index >= 15 is 0 Å². The highest BCUT2D eigenvalue weighted by molar-refractivity contribution is 5.37. The molecule has 0 aliphatic rings. The van der Waals surface area contributed by atoms with Crippen molar-refractivity contribution in [2.75, 3.05) is 0 Å². The molecule has 1 aromatic rings. The van der Waals surface area contributed by atoms with Crippen molar-refractivity contribution in [3.8, 4) is 6.07 Å². The van der Waals surface area contributed by atoms with Crippen molar-refractivity contribution >= 4 is 0 Å². The zero-order valence-corrected chi connectivity index (χ0v) is 6.46. The van der Waals surface area contributed by atoms with Gasteiger partial charge in [-0.2, -0.15) is 5.26 Å². The van der Waals surface area contributed by atoms with Gasteiger partial charge in [0.05, 0.1) is 11.6 Å². The van der Waals surface area contributed by atoms with Gasteiger partial charge in [-0.15, -0.1) is 0 Å². The number of nitrogens with zero attached hydrogens (tertiary/aromatic N) is 1. The summed E-state index contributed by atoms with van der Waals surface area (Å²) in [5, 5.41) is 8.54. The van der Waals surface area contributed by atoms with E-state index in [1.165, 1.54) is 0 Å². The molecule has 0 unspecified atom stereocenters. The van der Waals surface area contributed by atoms with Gasteiger partial charge in [0.1, 0.15) is 0 Å². The fraction of sp³-hybridized carbons (Fsp3) is 0.222. The largest absolute Gasteiger partial charge is 0.326 e. The molecule has 0 radical (unpaired) electrons. The smallest absolute Gasteiger partial charge is 0.0991 e. The van der Waals surface area contributed by atoms with Crippen molar-refractivity contribution in [3.05, 3.63) is 34.9 Å². The van der Waals surface area contributed by atoms with Crippen molar-refractivity contribution in [1.82, 2.24) is 0 Å². The molecular formula is C9H10N2. The first-order valence-electron chi connectivity index (χ1n) is 3.47. The first-order chi connectivity index (χ1) is 5.27. The van der Waals surface area contributed by atoms with Crippen LogP contribution in [-0.2, 0) is 6.54 Å². The number of hydrogen-bond donors (Lipinski definition) is 1. The van der Waals surface area contributed by atoms with Gasteiger partial charge in [-0.3, -0.25) is 0 Å². The highest BCUT2D eigenvalue weighted by Gasteiger charge is 1.96. The molecule has 0 bridgehead atoms. The molecule has 1 rings (SSSR count). The third-order valence-electron chi connectivity index (χ3n) is 1.69. The SMILES string of the molecule is Cc1cc(C#N)ccc1CN. The van der Waals surface area contributed by atoms with Gasteiger partial charge >= 0.3 is 0 Å². The summed E-state index contributed by atoms with van der Waals surface area (Å²) >= 11 is 0. The van der Waals surface area contributed by atoms with Gasteiger partial charge in [-0.1, -0.05) is 6.07 Å². The van der Waals surface area contributed by atoms with Crippen LogP contribution in [0.4, 0.5) is 0 Å². The van der Waals surface area contributed by atoms with E-state index in [0.717, 1.165) is 11.1 Å². The monoisotopic (exact) mass is 146 g/mol. The van der Waals surface area contributed by atoms with Crippen molar-refractivity contribution in [2.24, 2.45) is 5.73 Å². The third kappa shape index (κ3) is 1.57. The van der Waals surface area contributed by atoms with Crippen LogP contribution in [0.1, 0.15) is 16.7 Å². The molecule has 0 heterocycles. The first-order valence-corrected chi connectivity index (χ1v) is 3.47. The van der Waals surface area contributed by atoms with E-state index in [-0.39, 0.29) is 0 Å². The van der Waals surface area contributed by atoms with Gasteiger partial charge in [0.2, 0.25) is 0 Å². The Balaban J connectivity index is 3.12. The summed E-state index contributed by atoms with van der Waals surface area (Å²) in [5.41, 5.74) is 8.34. The van der Waals surface area contributed by atoms with Gasteiger partial charge < -0.3 is 5.73 Å². The molecule has 0 saturated carbocycles. The summed E-state index contributed by atoms with van der Waals surface area (Å²) in [6.07, 6.45) is 0. The summed E-state index contributed by atoms with van der Waals surface area (Å²) in [6.45, 7) is 2.50. The van der Waals surface area contributed by atoms with Gasteiger partial charge in [-0.05, 0) is 30.2 Å². The zero-order valence-electron chi connectivity index (χ0n) is 6.46. The summed E-state index contributed by atoms with van der Waals surface area (Å²) in [4.78, 5) is 0.